The Morgan fingerprint density at radius 3 is 0.757 bits per heavy atom. The van der Waals surface area contributed by atoms with Crippen LogP contribution in [0.1, 0.15) is 476 Å². The number of rotatable bonds is 84. The molecular weight excluding hydrogens is 1460 g/mol. The van der Waals surface area contributed by atoms with Crippen LogP contribution >= 0.6 is 0 Å². The van der Waals surface area contributed by atoms with Crippen molar-refractivity contribution in [3.8, 4) is 0 Å². The topological polar surface area (TPSA) is 307 Å². The molecule has 684 valence electrons. The Balaban J connectivity index is 1.27. The molecule has 3 rings (SSSR count). The summed E-state index contributed by atoms with van der Waals surface area (Å²) in [6.45, 7) is 1.90. The van der Waals surface area contributed by atoms with Gasteiger partial charge < -0.3 is 89.9 Å². The molecule has 0 bridgehead atoms. The van der Waals surface area contributed by atoms with Gasteiger partial charge in [-0.25, -0.2) is 0 Å². The van der Waals surface area contributed by atoms with Crippen molar-refractivity contribution in [3.05, 3.63) is 0 Å². The Labute approximate surface area is 704 Å². The van der Waals surface area contributed by atoms with Crippen molar-refractivity contribution in [2.45, 2.75) is 580 Å². The van der Waals surface area contributed by atoms with Gasteiger partial charge in [0, 0.05) is 6.42 Å². The zero-order valence-corrected chi connectivity index (χ0v) is 74.3. The molecule has 12 N–H and O–H groups in total. The van der Waals surface area contributed by atoms with E-state index in [1.54, 1.807) is 0 Å². The van der Waals surface area contributed by atoms with Crippen LogP contribution in [-0.2, 0) is 33.2 Å². The van der Waals surface area contributed by atoms with Crippen molar-refractivity contribution in [1.82, 2.24) is 5.32 Å². The van der Waals surface area contributed by atoms with E-state index in [0.29, 0.717) is 12.8 Å². The van der Waals surface area contributed by atoms with Gasteiger partial charge in [0.15, 0.2) is 18.9 Å². The summed E-state index contributed by atoms with van der Waals surface area (Å²) in [6, 6.07) is -0.885. The lowest BCUT2D eigenvalue weighted by molar-refractivity contribution is -0.379. The number of aliphatic hydroxyl groups excluding tert-OH is 11. The maximum atomic E-state index is 13.6. The van der Waals surface area contributed by atoms with Crippen molar-refractivity contribution >= 4 is 5.91 Å². The molecule has 115 heavy (non-hydrogen) atoms. The van der Waals surface area contributed by atoms with Gasteiger partial charge in [0.1, 0.15) is 73.2 Å². The minimum Gasteiger partial charge on any atom is -0.394 e. The number of ether oxygens (including phenoxy) is 6. The molecule has 3 fully saturated rings. The van der Waals surface area contributed by atoms with E-state index in [2.05, 4.69) is 19.2 Å². The molecule has 0 saturated carbocycles. The largest absolute Gasteiger partial charge is 0.394 e. The maximum Gasteiger partial charge on any atom is 0.220 e. The van der Waals surface area contributed by atoms with E-state index in [1.165, 1.54) is 398 Å². The van der Waals surface area contributed by atoms with Crippen molar-refractivity contribution in [3.63, 3.8) is 0 Å². The Morgan fingerprint density at radius 2 is 0.496 bits per heavy atom. The molecule has 17 atom stereocenters. The van der Waals surface area contributed by atoms with Gasteiger partial charge in [0.25, 0.3) is 0 Å². The van der Waals surface area contributed by atoms with Crippen LogP contribution in [0.15, 0.2) is 0 Å². The predicted octanol–water partition coefficient (Wildman–Crippen LogP) is 20.4. The molecule has 0 aromatic carbocycles. The summed E-state index contributed by atoms with van der Waals surface area (Å²) < 4.78 is 34.7. The average molecular weight is 1640 g/mol. The average Bonchev–Trinajstić information content (AvgIpc) is 0.779. The molecule has 19 nitrogen and oxygen atoms in total. The highest BCUT2D eigenvalue weighted by molar-refractivity contribution is 5.76. The van der Waals surface area contributed by atoms with Gasteiger partial charge in [-0.1, -0.05) is 457 Å². The van der Waals surface area contributed by atoms with E-state index in [1.807, 2.05) is 0 Å². The molecule has 0 aromatic rings. The lowest BCUT2D eigenvalue weighted by Crippen LogP contribution is -2.66. The number of hydrogen-bond donors (Lipinski definition) is 12. The summed E-state index contributed by atoms with van der Waals surface area (Å²) in [6.07, 6.45) is 68.3. The lowest BCUT2D eigenvalue weighted by atomic mass is 9.96. The minimum absolute atomic E-state index is 0.229. The molecule has 3 aliphatic heterocycles. The highest BCUT2D eigenvalue weighted by Gasteiger charge is 2.54. The van der Waals surface area contributed by atoms with Gasteiger partial charge in [0.05, 0.1) is 38.6 Å². The second-order valence-electron chi connectivity index (χ2n) is 36.0. The molecule has 3 heterocycles. The van der Waals surface area contributed by atoms with Crippen LogP contribution in [0.25, 0.3) is 0 Å². The molecule has 1 amide bonds. The Hall–Kier alpha value is -1.21. The normalized spacial score (nSPS) is 24.5. The van der Waals surface area contributed by atoms with E-state index in [9.17, 15) is 61.0 Å². The zero-order valence-electron chi connectivity index (χ0n) is 74.3. The third-order valence-corrected chi connectivity index (χ3v) is 25.4. The van der Waals surface area contributed by atoms with Crippen molar-refractivity contribution in [2.75, 3.05) is 26.4 Å². The number of carbonyl (C=O) groups is 1. The third-order valence-electron chi connectivity index (χ3n) is 25.4. The summed E-state index contributed by atoms with van der Waals surface area (Å²) in [5.41, 5.74) is 0. The van der Waals surface area contributed by atoms with Crippen LogP contribution in [0.5, 0.6) is 0 Å². The SMILES string of the molecule is CCCCCCCCCCCCCCCCCCCCCCCCCCCCCCCCCCCCCCCCCC(=O)NC(COC1OC(CO)C(OC2OC(CO)C(OC3OC(CO)C(O)C(O)C3O)C(O)C2O)C(O)C1O)C(O)CCCCCCCCCCCCCCCCCCCCCCCCCCCCCCCCC. The van der Waals surface area contributed by atoms with E-state index >= 15 is 0 Å². The summed E-state index contributed by atoms with van der Waals surface area (Å²) in [5.74, 6) is -0.229. The summed E-state index contributed by atoms with van der Waals surface area (Å²) in [4.78, 5) is 13.6. The van der Waals surface area contributed by atoms with Crippen LogP contribution in [-0.4, -0.2) is 193 Å². The molecule has 0 spiro atoms. The van der Waals surface area contributed by atoms with E-state index in [-0.39, 0.29) is 18.9 Å². The molecule has 0 aromatic heterocycles. The van der Waals surface area contributed by atoms with Crippen LogP contribution in [0.4, 0.5) is 0 Å². The number of aliphatic hydroxyl groups is 11. The molecule has 3 saturated heterocycles. The Bertz CT molecular complexity index is 2070. The Morgan fingerprint density at radius 1 is 0.278 bits per heavy atom. The maximum absolute atomic E-state index is 13.6. The van der Waals surface area contributed by atoms with Gasteiger partial charge in [-0.2, -0.15) is 0 Å². The Kier molecular flexibility index (Phi) is 71.8. The first-order valence-corrected chi connectivity index (χ1v) is 49.8. The first-order chi connectivity index (χ1) is 56.3. The van der Waals surface area contributed by atoms with E-state index < -0.39 is 124 Å². The smallest absolute Gasteiger partial charge is 0.220 e. The van der Waals surface area contributed by atoms with Crippen LogP contribution in [0.3, 0.4) is 0 Å². The van der Waals surface area contributed by atoms with Gasteiger partial charge >= 0.3 is 0 Å². The molecule has 0 aliphatic carbocycles. The fourth-order valence-electron chi connectivity index (χ4n) is 17.6. The van der Waals surface area contributed by atoms with Gasteiger partial charge in [-0.3, -0.25) is 4.79 Å². The number of nitrogens with one attached hydrogen (secondary N) is 1. The quantitative estimate of drug-likeness (QED) is 0.0252. The fourth-order valence-corrected chi connectivity index (χ4v) is 17.6. The van der Waals surface area contributed by atoms with Crippen molar-refractivity contribution in [2.24, 2.45) is 0 Å². The highest BCUT2D eigenvalue weighted by atomic mass is 16.8. The fraction of sp³-hybridized carbons (Fsp3) is 0.990. The molecule has 3 aliphatic rings. The summed E-state index contributed by atoms with van der Waals surface area (Å²) in [7, 11) is 0. The highest BCUT2D eigenvalue weighted by Crippen LogP contribution is 2.34. The van der Waals surface area contributed by atoms with Crippen LogP contribution in [0, 0.1) is 0 Å². The molecule has 0 radical (unpaired) electrons. The number of unbranched alkanes of at least 4 members (excludes halogenated alkanes) is 68. The zero-order chi connectivity index (χ0) is 83.1. The molecular formula is C96H187NO18. The number of carbonyl (C=O) groups excluding carboxylic acids is 1. The first-order valence-electron chi connectivity index (χ1n) is 49.8. The molecule has 17 unspecified atom stereocenters. The van der Waals surface area contributed by atoms with Gasteiger partial charge in [-0.15, -0.1) is 0 Å². The lowest BCUT2D eigenvalue weighted by Gasteiger charge is -2.48. The monoisotopic (exact) mass is 1640 g/mol. The van der Waals surface area contributed by atoms with Crippen LogP contribution in [0.2, 0.25) is 0 Å². The van der Waals surface area contributed by atoms with E-state index in [0.717, 1.165) is 44.9 Å². The third kappa shape index (κ3) is 54.2. The van der Waals surface area contributed by atoms with Crippen molar-refractivity contribution in [1.29, 1.82) is 0 Å². The predicted molar refractivity (Wildman–Crippen MR) is 467 cm³/mol. The second-order valence-corrected chi connectivity index (χ2v) is 36.0. The van der Waals surface area contributed by atoms with Gasteiger partial charge in [0.2, 0.25) is 5.91 Å². The number of hydrogen-bond acceptors (Lipinski definition) is 18. The van der Waals surface area contributed by atoms with Crippen molar-refractivity contribution < 1.29 is 89.4 Å². The summed E-state index contributed by atoms with van der Waals surface area (Å²) >= 11 is 0. The van der Waals surface area contributed by atoms with Crippen LogP contribution < -0.4 is 5.32 Å². The first kappa shape index (κ1) is 108. The number of amides is 1. The second kappa shape index (κ2) is 76.4. The standard InChI is InChI=1S/C96H187NO18/c1-3-5-7-9-11-13-15-17-19-21-23-25-27-29-31-33-35-36-37-38-39-40-41-42-44-46-48-50-52-54-56-58-60-62-64-66-68-70-72-74-84(102)97-79(80(101)73-71-69-67-65-63-61-59-57-55-53-51-49-47-45-43-34-32-30-28-26-24-22-20-18-16-14-12-10-8-6-4-2)78-110-94-90(108)87(105)92(82(76-99)112-94)115-96-91(109)88(106)93(83(77-100)113-96)114-95-89(107)86(104)85(103)81(75-98)111-95/h79-83,85-96,98-101,103-109H,3-78H2,1-2H3,(H,97,102). The minimum atomic E-state index is -1.97. The van der Waals surface area contributed by atoms with E-state index in [4.69, 9.17) is 28.4 Å². The molecule has 19 heteroatoms. The summed E-state index contributed by atoms with van der Waals surface area (Å²) in [5, 5.41) is 122. The van der Waals surface area contributed by atoms with Gasteiger partial charge in [-0.05, 0) is 12.8 Å².